The fraction of sp³-hybridized carbons (Fsp3) is 1.00. The van der Waals surface area contributed by atoms with Crippen LogP contribution in [0.25, 0.3) is 0 Å². The smallest absolute Gasteiger partial charge is 1.00 e. The minimum absolute atomic E-state index is 0. The van der Waals surface area contributed by atoms with Crippen molar-refractivity contribution in [1.82, 2.24) is 0 Å². The number of unbranched alkanes of at least 4 members (excludes halogenated alkanes) is 2. The summed E-state index contributed by atoms with van der Waals surface area (Å²) in [5, 5.41) is 19.1. The average molecular weight is 485 g/mol. The number of hydrogen-bond donors (Lipinski definition) is 0. The van der Waals surface area contributed by atoms with E-state index in [0.29, 0.717) is 0 Å². The maximum absolute atomic E-state index is 9.53. The summed E-state index contributed by atoms with van der Waals surface area (Å²) < 4.78 is 0. The van der Waals surface area contributed by atoms with Gasteiger partial charge < -0.3 is 44.2 Å². The van der Waals surface area contributed by atoms with Crippen molar-refractivity contribution in [3.8, 4) is 0 Å². The van der Waals surface area contributed by atoms with E-state index in [1.807, 2.05) is 13.8 Å². The standard InChI is InChI=1S/2C4H9O.2BrH.Hf/c2*1-2-3-4-5;;;/h2*2-4H2,1H3;2*1H;/q2*-1;;;+4/p-2. The van der Waals surface area contributed by atoms with Gasteiger partial charge in [0, 0.05) is 0 Å². The molecule has 0 aliphatic rings. The Morgan fingerprint density at radius 3 is 1.00 bits per heavy atom. The molecule has 0 fully saturated rings. The van der Waals surface area contributed by atoms with E-state index in [1.54, 1.807) is 0 Å². The first-order valence-corrected chi connectivity index (χ1v) is 3.99. The zero-order valence-electron chi connectivity index (χ0n) is 8.32. The molecular formula is C8H18Br2HfO2. The summed E-state index contributed by atoms with van der Waals surface area (Å²) in [4.78, 5) is 0. The van der Waals surface area contributed by atoms with Gasteiger partial charge >= 0.3 is 25.8 Å². The SMILES string of the molecule is CCCC[O-].CCCC[O-].[Br-].[Br-].[Hf+4]. The quantitative estimate of drug-likeness (QED) is 0.374. The zero-order valence-corrected chi connectivity index (χ0v) is 15.1. The summed E-state index contributed by atoms with van der Waals surface area (Å²) >= 11 is 0. The van der Waals surface area contributed by atoms with Crippen LogP contribution in [0.3, 0.4) is 0 Å². The van der Waals surface area contributed by atoms with Crippen LogP contribution in [0.4, 0.5) is 0 Å². The van der Waals surface area contributed by atoms with E-state index in [9.17, 15) is 10.2 Å². The Kier molecular flexibility index (Phi) is 84.0. The molecule has 13 heavy (non-hydrogen) atoms. The van der Waals surface area contributed by atoms with Crippen molar-refractivity contribution in [3.05, 3.63) is 0 Å². The molecule has 0 aromatic heterocycles. The monoisotopic (exact) mass is 484 g/mol. The van der Waals surface area contributed by atoms with E-state index in [0.717, 1.165) is 25.7 Å². The maximum Gasteiger partial charge on any atom is 4.00 e. The second kappa shape index (κ2) is 37.2. The van der Waals surface area contributed by atoms with Gasteiger partial charge in [0.05, 0.1) is 0 Å². The Balaban J connectivity index is -0.0000000267. The Morgan fingerprint density at radius 1 is 0.769 bits per heavy atom. The molecule has 5 heteroatoms. The minimum atomic E-state index is 0. The first kappa shape index (κ1) is 29.3. The molecule has 0 spiro atoms. The summed E-state index contributed by atoms with van der Waals surface area (Å²) in [6.45, 7) is 4.21. The first-order valence-electron chi connectivity index (χ1n) is 3.99. The van der Waals surface area contributed by atoms with Gasteiger partial charge in [0.15, 0.2) is 0 Å². The van der Waals surface area contributed by atoms with Crippen molar-refractivity contribution in [1.29, 1.82) is 0 Å². The van der Waals surface area contributed by atoms with E-state index >= 15 is 0 Å². The molecule has 0 aromatic rings. The van der Waals surface area contributed by atoms with Gasteiger partial charge in [-0.15, -0.1) is 13.2 Å². The molecule has 0 amide bonds. The maximum atomic E-state index is 9.53. The normalized spacial score (nSPS) is 6.46. The predicted molar refractivity (Wildman–Crippen MR) is 39.6 cm³/mol. The average Bonchev–Trinajstić information content (AvgIpc) is 1.93. The van der Waals surface area contributed by atoms with E-state index in [2.05, 4.69) is 0 Å². The van der Waals surface area contributed by atoms with Crippen molar-refractivity contribution < 1.29 is 70.0 Å². The zero-order chi connectivity index (χ0) is 8.24. The third kappa shape index (κ3) is 57.4. The molecule has 0 rings (SSSR count). The van der Waals surface area contributed by atoms with Crippen LogP contribution in [0.5, 0.6) is 0 Å². The van der Waals surface area contributed by atoms with Crippen molar-refractivity contribution in [3.63, 3.8) is 0 Å². The van der Waals surface area contributed by atoms with Gasteiger partial charge in [-0.2, -0.15) is 0 Å². The molecule has 0 saturated heterocycles. The Bertz CT molecular complexity index is 41.1. The van der Waals surface area contributed by atoms with Crippen LogP contribution in [-0.2, 0) is 25.8 Å². The fourth-order valence-electron chi connectivity index (χ4n) is 0.289. The summed E-state index contributed by atoms with van der Waals surface area (Å²) in [5.41, 5.74) is 0. The van der Waals surface area contributed by atoms with Gasteiger partial charge in [-0.05, 0) is 0 Å². The third-order valence-electron chi connectivity index (χ3n) is 0.996. The predicted octanol–water partition coefficient (Wildman–Crippen LogP) is -5.70. The van der Waals surface area contributed by atoms with Crippen LogP contribution in [0.15, 0.2) is 0 Å². The van der Waals surface area contributed by atoms with Gasteiger partial charge in [0.25, 0.3) is 0 Å². The van der Waals surface area contributed by atoms with Crippen molar-refractivity contribution in [2.75, 3.05) is 13.2 Å². The van der Waals surface area contributed by atoms with Gasteiger partial charge in [-0.25, -0.2) is 0 Å². The Morgan fingerprint density at radius 2 is 1.00 bits per heavy atom. The molecular weight excluding hydrogens is 466 g/mol. The second-order valence-corrected chi connectivity index (χ2v) is 2.12. The van der Waals surface area contributed by atoms with Gasteiger partial charge in [0.2, 0.25) is 0 Å². The Hall–Kier alpha value is 1.75. The molecule has 0 N–H and O–H groups in total. The summed E-state index contributed by atoms with van der Waals surface area (Å²) in [5.74, 6) is 0. The van der Waals surface area contributed by atoms with E-state index in [4.69, 9.17) is 0 Å². The van der Waals surface area contributed by atoms with E-state index in [1.165, 1.54) is 0 Å². The van der Waals surface area contributed by atoms with Crippen LogP contribution in [0.2, 0.25) is 0 Å². The Labute approximate surface area is 122 Å². The molecule has 80 valence electrons. The van der Waals surface area contributed by atoms with Gasteiger partial charge in [-0.1, -0.05) is 39.5 Å². The van der Waals surface area contributed by atoms with Crippen molar-refractivity contribution in [2.45, 2.75) is 39.5 Å². The molecule has 0 unspecified atom stereocenters. The van der Waals surface area contributed by atoms with Crippen LogP contribution in [0, 0.1) is 0 Å². The number of rotatable bonds is 4. The van der Waals surface area contributed by atoms with E-state index in [-0.39, 0.29) is 73.0 Å². The number of halogens is 2. The minimum Gasteiger partial charge on any atom is -1.00 e. The second-order valence-electron chi connectivity index (χ2n) is 2.12. The molecule has 0 heterocycles. The molecule has 0 saturated carbocycles. The summed E-state index contributed by atoms with van der Waals surface area (Å²) in [6.07, 6.45) is 3.73. The summed E-state index contributed by atoms with van der Waals surface area (Å²) in [6, 6.07) is 0. The van der Waals surface area contributed by atoms with Crippen molar-refractivity contribution in [2.24, 2.45) is 0 Å². The van der Waals surface area contributed by atoms with Crippen LogP contribution in [-0.4, -0.2) is 13.2 Å². The van der Waals surface area contributed by atoms with Gasteiger partial charge in [0.1, 0.15) is 0 Å². The van der Waals surface area contributed by atoms with E-state index < -0.39 is 0 Å². The molecule has 0 atom stereocenters. The van der Waals surface area contributed by atoms with Crippen molar-refractivity contribution >= 4 is 0 Å². The largest absolute Gasteiger partial charge is 4.00 e. The fourth-order valence-corrected chi connectivity index (χ4v) is 0.289. The molecule has 0 aliphatic carbocycles. The first-order chi connectivity index (χ1) is 4.83. The number of hydrogen-bond acceptors (Lipinski definition) is 2. The van der Waals surface area contributed by atoms with Crippen LogP contribution >= 0.6 is 0 Å². The molecule has 0 aliphatic heterocycles. The molecule has 0 bridgehead atoms. The topological polar surface area (TPSA) is 46.1 Å². The molecule has 0 aromatic carbocycles. The molecule has 2 nitrogen and oxygen atoms in total. The van der Waals surface area contributed by atoms with Gasteiger partial charge in [-0.3, -0.25) is 0 Å². The third-order valence-corrected chi connectivity index (χ3v) is 0.996. The summed E-state index contributed by atoms with van der Waals surface area (Å²) in [7, 11) is 0. The van der Waals surface area contributed by atoms with Crippen LogP contribution in [0.1, 0.15) is 39.5 Å². The molecule has 0 radical (unpaired) electrons. The van der Waals surface area contributed by atoms with Crippen LogP contribution < -0.4 is 44.2 Å².